The molecule has 0 heterocycles. The Hall–Kier alpha value is -0.190. The van der Waals surface area contributed by atoms with Crippen molar-refractivity contribution in [2.24, 2.45) is 0 Å². The summed E-state index contributed by atoms with van der Waals surface area (Å²) in [5.74, 6) is -0.763. The summed E-state index contributed by atoms with van der Waals surface area (Å²) in [6.07, 6.45) is 0. The summed E-state index contributed by atoms with van der Waals surface area (Å²) in [6.45, 7) is 3.85. The first-order valence-corrected chi connectivity index (χ1v) is 6.13. The lowest BCUT2D eigenvalue weighted by Crippen LogP contribution is -2.40. The Bertz CT molecular complexity index is 382. The standard InChI is InChI=1S/C11H13BrClF2N/c1-11(2,6-13)16-5-7-9(14)4-3-8(12)10(7)15/h3-4,16H,5-6H2,1-2H3. The average Bonchev–Trinajstić information content (AvgIpc) is 2.24. The molecule has 5 heteroatoms. The highest BCUT2D eigenvalue weighted by Gasteiger charge is 2.18. The molecule has 0 bridgehead atoms. The second kappa shape index (κ2) is 5.43. The van der Waals surface area contributed by atoms with Gasteiger partial charge in [0.2, 0.25) is 0 Å². The Morgan fingerprint density at radius 3 is 2.56 bits per heavy atom. The Morgan fingerprint density at radius 2 is 2.00 bits per heavy atom. The zero-order chi connectivity index (χ0) is 12.3. The molecule has 0 aliphatic rings. The smallest absolute Gasteiger partial charge is 0.144 e. The largest absolute Gasteiger partial charge is 0.306 e. The van der Waals surface area contributed by atoms with Gasteiger partial charge in [0.25, 0.3) is 0 Å². The third kappa shape index (κ3) is 3.40. The highest BCUT2D eigenvalue weighted by molar-refractivity contribution is 9.10. The molecule has 0 atom stereocenters. The molecule has 0 aliphatic heterocycles. The van der Waals surface area contributed by atoms with E-state index in [9.17, 15) is 8.78 Å². The normalized spacial score (nSPS) is 11.9. The van der Waals surface area contributed by atoms with Gasteiger partial charge in [0, 0.05) is 23.5 Å². The molecule has 0 fully saturated rings. The topological polar surface area (TPSA) is 12.0 Å². The number of alkyl halides is 1. The first-order valence-electron chi connectivity index (χ1n) is 4.81. The average molecular weight is 313 g/mol. The minimum atomic E-state index is -0.571. The molecule has 0 saturated carbocycles. The van der Waals surface area contributed by atoms with E-state index in [0.717, 1.165) is 0 Å². The van der Waals surface area contributed by atoms with Crippen LogP contribution in [0.1, 0.15) is 19.4 Å². The molecule has 1 aromatic carbocycles. The molecule has 1 N–H and O–H groups in total. The second-order valence-corrected chi connectivity index (χ2v) is 5.31. The maximum Gasteiger partial charge on any atom is 0.144 e. The molecule has 0 amide bonds. The minimum absolute atomic E-state index is 0.0209. The summed E-state index contributed by atoms with van der Waals surface area (Å²) in [7, 11) is 0. The Balaban J connectivity index is 2.86. The molecule has 90 valence electrons. The quantitative estimate of drug-likeness (QED) is 0.658. The summed E-state index contributed by atoms with van der Waals surface area (Å²) in [5, 5.41) is 3.00. The molecule has 0 unspecified atom stereocenters. The molecule has 0 aliphatic carbocycles. The van der Waals surface area contributed by atoms with Crippen LogP contribution in [0.3, 0.4) is 0 Å². The summed E-state index contributed by atoms with van der Waals surface area (Å²) in [6, 6.07) is 2.58. The molecule has 1 rings (SSSR count). The first kappa shape index (κ1) is 13.9. The van der Waals surface area contributed by atoms with E-state index in [4.69, 9.17) is 11.6 Å². The zero-order valence-electron chi connectivity index (χ0n) is 9.08. The third-order valence-electron chi connectivity index (χ3n) is 2.22. The van der Waals surface area contributed by atoms with Crippen molar-refractivity contribution in [3.8, 4) is 0 Å². The summed E-state index contributed by atoms with van der Waals surface area (Å²) >= 11 is 8.73. The van der Waals surface area contributed by atoms with E-state index in [1.54, 1.807) is 0 Å². The van der Waals surface area contributed by atoms with Crippen molar-refractivity contribution in [2.45, 2.75) is 25.9 Å². The molecule has 0 spiro atoms. The van der Waals surface area contributed by atoms with E-state index < -0.39 is 11.6 Å². The van der Waals surface area contributed by atoms with Gasteiger partial charge in [-0.3, -0.25) is 0 Å². The van der Waals surface area contributed by atoms with Crippen LogP contribution in [0.15, 0.2) is 16.6 Å². The van der Waals surface area contributed by atoms with Gasteiger partial charge in [-0.1, -0.05) is 0 Å². The third-order valence-corrected chi connectivity index (χ3v) is 3.50. The van der Waals surface area contributed by atoms with Crippen molar-refractivity contribution in [1.82, 2.24) is 5.32 Å². The van der Waals surface area contributed by atoms with Gasteiger partial charge in [-0.15, -0.1) is 11.6 Å². The van der Waals surface area contributed by atoms with Crippen LogP contribution in [0.4, 0.5) is 8.78 Å². The molecule has 16 heavy (non-hydrogen) atoms. The number of hydrogen-bond donors (Lipinski definition) is 1. The summed E-state index contributed by atoms with van der Waals surface area (Å²) in [4.78, 5) is 0. The molecule has 0 saturated heterocycles. The van der Waals surface area contributed by atoms with Gasteiger partial charge in [0.05, 0.1) is 4.47 Å². The fraction of sp³-hybridized carbons (Fsp3) is 0.455. The van der Waals surface area contributed by atoms with E-state index in [0.29, 0.717) is 5.88 Å². The van der Waals surface area contributed by atoms with Crippen LogP contribution in [0.5, 0.6) is 0 Å². The van der Waals surface area contributed by atoms with E-state index in [1.807, 2.05) is 13.8 Å². The second-order valence-electron chi connectivity index (χ2n) is 4.19. The van der Waals surface area contributed by atoms with Crippen molar-refractivity contribution in [3.63, 3.8) is 0 Å². The molecule has 0 aromatic heterocycles. The Morgan fingerprint density at radius 1 is 1.38 bits per heavy atom. The van der Waals surface area contributed by atoms with E-state index in [-0.39, 0.29) is 22.1 Å². The van der Waals surface area contributed by atoms with Crippen LogP contribution in [-0.4, -0.2) is 11.4 Å². The first-order chi connectivity index (χ1) is 7.37. The van der Waals surface area contributed by atoms with E-state index in [1.165, 1.54) is 12.1 Å². The van der Waals surface area contributed by atoms with Gasteiger partial charge in [0.15, 0.2) is 0 Å². The lowest BCUT2D eigenvalue weighted by Gasteiger charge is -2.23. The van der Waals surface area contributed by atoms with E-state index in [2.05, 4.69) is 21.2 Å². The SMILES string of the molecule is CC(C)(CCl)NCc1c(F)ccc(Br)c1F. The van der Waals surface area contributed by atoms with Crippen molar-refractivity contribution in [1.29, 1.82) is 0 Å². The van der Waals surface area contributed by atoms with Crippen LogP contribution >= 0.6 is 27.5 Å². The highest BCUT2D eigenvalue weighted by Crippen LogP contribution is 2.22. The monoisotopic (exact) mass is 311 g/mol. The predicted octanol–water partition coefficient (Wildman–Crippen LogP) is 3.83. The Kier molecular flexibility index (Phi) is 4.71. The molecule has 1 aromatic rings. The minimum Gasteiger partial charge on any atom is -0.306 e. The van der Waals surface area contributed by atoms with Gasteiger partial charge in [-0.05, 0) is 41.9 Å². The predicted molar refractivity (Wildman–Crippen MR) is 65.7 cm³/mol. The highest BCUT2D eigenvalue weighted by atomic mass is 79.9. The summed E-state index contributed by atoms with van der Waals surface area (Å²) < 4.78 is 27.2. The van der Waals surface area contributed by atoms with Gasteiger partial charge in [0.1, 0.15) is 11.6 Å². The lowest BCUT2D eigenvalue weighted by molar-refractivity contribution is 0.415. The van der Waals surface area contributed by atoms with Crippen LogP contribution in [0, 0.1) is 11.6 Å². The fourth-order valence-electron chi connectivity index (χ4n) is 1.11. The molecular formula is C11H13BrClF2N. The van der Waals surface area contributed by atoms with Gasteiger partial charge in [-0.2, -0.15) is 0 Å². The van der Waals surface area contributed by atoms with Gasteiger partial charge < -0.3 is 5.32 Å². The summed E-state index contributed by atoms with van der Waals surface area (Å²) in [5.41, 5.74) is -0.337. The number of halogens is 4. The number of benzene rings is 1. The van der Waals surface area contributed by atoms with Crippen molar-refractivity contribution < 1.29 is 8.78 Å². The molecule has 1 nitrogen and oxygen atoms in total. The maximum atomic E-state index is 13.6. The van der Waals surface area contributed by atoms with Crippen LogP contribution in [0.25, 0.3) is 0 Å². The zero-order valence-corrected chi connectivity index (χ0v) is 11.4. The fourth-order valence-corrected chi connectivity index (χ4v) is 1.57. The van der Waals surface area contributed by atoms with Crippen molar-refractivity contribution in [3.05, 3.63) is 33.8 Å². The molecule has 0 radical (unpaired) electrons. The van der Waals surface area contributed by atoms with E-state index >= 15 is 0 Å². The van der Waals surface area contributed by atoms with Gasteiger partial charge >= 0.3 is 0 Å². The molecular weight excluding hydrogens is 299 g/mol. The number of nitrogens with one attached hydrogen (secondary N) is 1. The van der Waals surface area contributed by atoms with Crippen molar-refractivity contribution >= 4 is 27.5 Å². The Labute approximate surface area is 107 Å². The van der Waals surface area contributed by atoms with Crippen molar-refractivity contribution in [2.75, 3.05) is 5.88 Å². The lowest BCUT2D eigenvalue weighted by atomic mass is 10.1. The maximum absolute atomic E-state index is 13.6. The number of rotatable bonds is 4. The van der Waals surface area contributed by atoms with Crippen LogP contribution in [0.2, 0.25) is 0 Å². The van der Waals surface area contributed by atoms with Crippen LogP contribution < -0.4 is 5.32 Å². The van der Waals surface area contributed by atoms with Gasteiger partial charge in [-0.25, -0.2) is 8.78 Å². The number of hydrogen-bond acceptors (Lipinski definition) is 1. The van der Waals surface area contributed by atoms with Crippen LogP contribution in [-0.2, 0) is 6.54 Å².